The summed E-state index contributed by atoms with van der Waals surface area (Å²) in [6, 6.07) is 0. The molecule has 0 amide bonds. The first-order valence-corrected chi connectivity index (χ1v) is 11.7. The first-order valence-electron chi connectivity index (χ1n) is 10.2. The molecule has 26 heavy (non-hydrogen) atoms. The van der Waals surface area contributed by atoms with E-state index in [1.807, 2.05) is 0 Å². The first-order chi connectivity index (χ1) is 12.4. The van der Waals surface area contributed by atoms with E-state index in [9.17, 15) is 18.3 Å². The van der Waals surface area contributed by atoms with Crippen molar-refractivity contribution < 1.29 is 23.1 Å². The molecule has 2 aliphatic heterocycles. The summed E-state index contributed by atoms with van der Waals surface area (Å²) in [6.45, 7) is 3.52. The molecule has 0 unspecified atom stereocenters. The van der Waals surface area contributed by atoms with Gasteiger partial charge in [0.1, 0.15) is 0 Å². The molecule has 0 aliphatic carbocycles. The largest absolute Gasteiger partial charge is 0.480 e. The monoisotopic (exact) mass is 389 g/mol. The number of aliphatic carboxylic acids is 1. The number of rotatable bonds is 10. The molecule has 0 atom stereocenters. The number of piperidine rings is 1. The molecule has 2 rings (SSSR count). The molecule has 7 heteroatoms. The molecule has 2 fully saturated rings. The van der Waals surface area contributed by atoms with Crippen molar-refractivity contribution in [2.75, 3.05) is 26.3 Å². The van der Waals surface area contributed by atoms with Crippen LogP contribution in [0.5, 0.6) is 0 Å². The van der Waals surface area contributed by atoms with Gasteiger partial charge in [-0.2, -0.15) is 0 Å². The van der Waals surface area contributed by atoms with Gasteiger partial charge < -0.3 is 9.84 Å². The van der Waals surface area contributed by atoms with Crippen molar-refractivity contribution >= 4 is 16.0 Å². The van der Waals surface area contributed by atoms with E-state index < -0.39 is 20.7 Å². The number of ether oxygens (including phenoxy) is 1. The molecule has 1 N–H and O–H groups in total. The smallest absolute Gasteiger partial charge is 0.326 e. The lowest BCUT2D eigenvalue weighted by Crippen LogP contribution is -2.57. The molecule has 0 aromatic rings. The predicted octanol–water partition coefficient (Wildman–Crippen LogP) is 3.41. The van der Waals surface area contributed by atoms with E-state index in [0.717, 1.165) is 19.3 Å². The molecule has 6 nitrogen and oxygen atoms in total. The number of hydrogen-bond donors (Lipinski definition) is 1. The number of carboxylic acid groups (broad SMARTS) is 1. The van der Waals surface area contributed by atoms with Crippen molar-refractivity contribution in [1.82, 2.24) is 4.31 Å². The highest BCUT2D eigenvalue weighted by atomic mass is 32.2. The minimum absolute atomic E-state index is 0.0440. The molecule has 0 aromatic heterocycles. The van der Waals surface area contributed by atoms with E-state index in [-0.39, 0.29) is 26.1 Å². The summed E-state index contributed by atoms with van der Waals surface area (Å²) in [7, 11) is -3.85. The summed E-state index contributed by atoms with van der Waals surface area (Å²) in [4.78, 5) is 11.8. The van der Waals surface area contributed by atoms with Gasteiger partial charge in [-0.1, -0.05) is 51.9 Å². The van der Waals surface area contributed by atoms with Crippen LogP contribution in [0.2, 0.25) is 0 Å². The van der Waals surface area contributed by atoms with Crippen LogP contribution in [0.15, 0.2) is 0 Å². The zero-order valence-corrected chi connectivity index (χ0v) is 16.9. The second-order valence-electron chi connectivity index (χ2n) is 7.82. The lowest BCUT2D eigenvalue weighted by molar-refractivity contribution is -0.142. The Bertz CT molecular complexity index is 534. The highest BCUT2D eigenvalue weighted by Gasteiger charge is 2.54. The fraction of sp³-hybridized carbons (Fsp3) is 0.947. The molecular formula is C19H35NO5S. The molecule has 152 valence electrons. The second-order valence-corrected chi connectivity index (χ2v) is 10.1. The molecule has 0 aromatic carbocycles. The van der Waals surface area contributed by atoms with E-state index in [0.29, 0.717) is 19.0 Å². The molecule has 0 saturated carbocycles. The third kappa shape index (κ3) is 4.98. The summed E-state index contributed by atoms with van der Waals surface area (Å²) in [6.07, 6.45) is 10.6. The Morgan fingerprint density at radius 3 is 2.23 bits per heavy atom. The van der Waals surface area contributed by atoms with Crippen molar-refractivity contribution in [3.8, 4) is 0 Å². The average molecular weight is 390 g/mol. The van der Waals surface area contributed by atoms with Crippen LogP contribution in [0.1, 0.15) is 77.6 Å². The molecule has 2 aliphatic rings. The summed E-state index contributed by atoms with van der Waals surface area (Å²) >= 11 is 0. The third-order valence-electron chi connectivity index (χ3n) is 6.06. The molecule has 0 radical (unpaired) electrons. The number of unbranched alkanes of at least 4 members (excludes halogenated alkanes) is 5. The van der Waals surface area contributed by atoms with Gasteiger partial charge in [-0.25, -0.2) is 12.7 Å². The molecule has 0 spiro atoms. The van der Waals surface area contributed by atoms with Gasteiger partial charge in [0.15, 0.2) is 4.75 Å². The Hall–Kier alpha value is -0.660. The van der Waals surface area contributed by atoms with Gasteiger partial charge in [0.05, 0.1) is 0 Å². The summed E-state index contributed by atoms with van der Waals surface area (Å²) in [5.74, 6) is -0.655. The molecule has 2 saturated heterocycles. The van der Waals surface area contributed by atoms with E-state index in [1.165, 1.54) is 42.8 Å². The maximum atomic E-state index is 13.1. The van der Waals surface area contributed by atoms with Gasteiger partial charge in [0.25, 0.3) is 0 Å². The zero-order chi connectivity index (χ0) is 19.0. The maximum Gasteiger partial charge on any atom is 0.326 e. The number of nitrogens with zero attached hydrogens (tertiary/aromatic N) is 1. The van der Waals surface area contributed by atoms with Crippen molar-refractivity contribution in [3.63, 3.8) is 0 Å². The van der Waals surface area contributed by atoms with Gasteiger partial charge in [0.2, 0.25) is 10.0 Å². The minimum atomic E-state index is -3.85. The van der Waals surface area contributed by atoms with E-state index in [2.05, 4.69) is 6.92 Å². The highest BCUT2D eigenvalue weighted by molar-refractivity contribution is 7.91. The number of hydrogen-bond acceptors (Lipinski definition) is 4. The Morgan fingerprint density at radius 2 is 1.65 bits per heavy atom. The number of sulfonamides is 1. The number of carbonyl (C=O) groups is 1. The zero-order valence-electron chi connectivity index (χ0n) is 16.1. The summed E-state index contributed by atoms with van der Waals surface area (Å²) < 4.78 is 31.1. The maximum absolute atomic E-state index is 13.1. The van der Waals surface area contributed by atoms with Crippen LogP contribution in [0, 0.1) is 5.92 Å². The van der Waals surface area contributed by atoms with Crippen molar-refractivity contribution in [1.29, 1.82) is 0 Å². The van der Waals surface area contributed by atoms with Gasteiger partial charge in [-0.05, 0) is 18.8 Å². The van der Waals surface area contributed by atoms with Gasteiger partial charge in [0, 0.05) is 39.1 Å². The van der Waals surface area contributed by atoms with Crippen LogP contribution in [0.25, 0.3) is 0 Å². The Morgan fingerprint density at radius 1 is 1.08 bits per heavy atom. The van der Waals surface area contributed by atoms with Crippen LogP contribution < -0.4 is 0 Å². The van der Waals surface area contributed by atoms with E-state index in [4.69, 9.17) is 4.74 Å². The Labute approximate surface area is 158 Å². The van der Waals surface area contributed by atoms with Crippen LogP contribution >= 0.6 is 0 Å². The van der Waals surface area contributed by atoms with Gasteiger partial charge >= 0.3 is 5.97 Å². The normalized spacial score (nSPS) is 22.3. The lowest BCUT2D eigenvalue weighted by Gasteiger charge is -2.39. The SMILES string of the molecule is CCCCCCCCC1CCN(S(=O)(=O)C2(C(=O)O)CCOCC2)CC1. The first kappa shape index (κ1) is 21.6. The Balaban J connectivity index is 1.83. The molecule has 0 bridgehead atoms. The van der Waals surface area contributed by atoms with Crippen molar-refractivity contribution in [2.45, 2.75) is 82.3 Å². The van der Waals surface area contributed by atoms with Gasteiger partial charge in [-0.3, -0.25) is 4.79 Å². The van der Waals surface area contributed by atoms with Crippen LogP contribution in [0.4, 0.5) is 0 Å². The van der Waals surface area contributed by atoms with Crippen molar-refractivity contribution in [2.24, 2.45) is 5.92 Å². The van der Waals surface area contributed by atoms with Crippen LogP contribution in [-0.4, -0.2) is 54.8 Å². The fourth-order valence-electron chi connectivity index (χ4n) is 4.18. The second kappa shape index (κ2) is 10.0. The highest BCUT2D eigenvalue weighted by Crippen LogP contribution is 2.35. The van der Waals surface area contributed by atoms with E-state index >= 15 is 0 Å². The lowest BCUT2D eigenvalue weighted by atomic mass is 9.92. The third-order valence-corrected chi connectivity index (χ3v) is 8.68. The minimum Gasteiger partial charge on any atom is -0.480 e. The summed E-state index contributed by atoms with van der Waals surface area (Å²) in [5, 5.41) is 9.65. The Kier molecular flexibility index (Phi) is 8.36. The fourth-order valence-corrected chi connectivity index (χ4v) is 6.27. The van der Waals surface area contributed by atoms with Crippen LogP contribution in [0.3, 0.4) is 0 Å². The summed E-state index contributed by atoms with van der Waals surface area (Å²) in [5.41, 5.74) is 0. The number of carboxylic acids is 1. The standard InChI is InChI=1S/C19H35NO5S/c1-2-3-4-5-6-7-8-17-9-13-20(14-10-17)26(23,24)19(18(21)22)11-15-25-16-12-19/h17H,2-16H2,1H3,(H,21,22). The van der Waals surface area contributed by atoms with Crippen molar-refractivity contribution in [3.05, 3.63) is 0 Å². The topological polar surface area (TPSA) is 83.9 Å². The van der Waals surface area contributed by atoms with Gasteiger partial charge in [-0.15, -0.1) is 0 Å². The average Bonchev–Trinajstić information content (AvgIpc) is 2.65. The molecule has 2 heterocycles. The molecular weight excluding hydrogens is 354 g/mol. The van der Waals surface area contributed by atoms with E-state index in [1.54, 1.807) is 0 Å². The van der Waals surface area contributed by atoms with Crippen LogP contribution in [-0.2, 0) is 19.6 Å². The predicted molar refractivity (Wildman–Crippen MR) is 102 cm³/mol. The quantitative estimate of drug-likeness (QED) is 0.579.